The van der Waals surface area contributed by atoms with Crippen molar-refractivity contribution in [1.82, 2.24) is 20.3 Å². The Morgan fingerprint density at radius 3 is 2.66 bits per heavy atom. The van der Waals surface area contributed by atoms with E-state index in [2.05, 4.69) is 20.3 Å². The number of sulfone groups is 1. The van der Waals surface area contributed by atoms with Crippen molar-refractivity contribution in [3.63, 3.8) is 0 Å². The average molecular weight is 595 g/mol. The number of aromatic nitrogens is 3. The first kappa shape index (κ1) is 28.1. The Hall–Kier alpha value is -4.40. The number of benzene rings is 1. The maximum absolute atomic E-state index is 14.6. The lowest BCUT2D eigenvalue weighted by Crippen LogP contribution is -2.24. The zero-order valence-corrected chi connectivity index (χ0v) is 21.8. The summed E-state index contributed by atoms with van der Waals surface area (Å²) >= 11 is 0. The molecular weight excluding hydrogens is 575 g/mol. The minimum atomic E-state index is -4.66. The van der Waals surface area contributed by atoms with Gasteiger partial charge in [-0.05, 0) is 42.5 Å². The van der Waals surface area contributed by atoms with E-state index in [0.29, 0.717) is 16.6 Å². The molecule has 0 spiro atoms. The van der Waals surface area contributed by atoms with Gasteiger partial charge in [0.25, 0.3) is 5.91 Å². The first-order chi connectivity index (χ1) is 19.4. The van der Waals surface area contributed by atoms with Crippen LogP contribution in [0, 0.1) is 5.82 Å². The van der Waals surface area contributed by atoms with Crippen molar-refractivity contribution in [3.05, 3.63) is 71.4 Å². The molecule has 0 unspecified atom stereocenters. The van der Waals surface area contributed by atoms with Crippen LogP contribution in [0.1, 0.15) is 28.2 Å². The first-order valence-electron chi connectivity index (χ1n) is 11.9. The van der Waals surface area contributed by atoms with E-state index in [1.165, 1.54) is 25.4 Å². The van der Waals surface area contributed by atoms with Gasteiger partial charge in [0.15, 0.2) is 11.6 Å². The Kier molecular flexibility index (Phi) is 7.23. The minimum Gasteiger partial charge on any atom is -0.489 e. The smallest absolute Gasteiger partial charge is 0.433 e. The first-order valence-corrected chi connectivity index (χ1v) is 13.4. The summed E-state index contributed by atoms with van der Waals surface area (Å²) in [6.45, 7) is -0.527. The number of halogens is 5. The average Bonchev–Trinajstić information content (AvgIpc) is 3.05. The number of rotatable bonds is 5. The molecule has 0 fully saturated rings. The number of methoxy groups -OCH3 is 1. The second-order valence-corrected chi connectivity index (χ2v) is 10.9. The van der Waals surface area contributed by atoms with Crippen molar-refractivity contribution in [2.45, 2.75) is 29.5 Å². The molecule has 5 rings (SSSR count). The molecule has 0 saturated carbocycles. The summed E-state index contributed by atoms with van der Waals surface area (Å²) in [5.74, 6) is -2.89. The number of hydrogen-bond acceptors (Lipinski definition) is 8. The molecule has 15 heteroatoms. The maximum Gasteiger partial charge on any atom is 0.433 e. The van der Waals surface area contributed by atoms with Gasteiger partial charge >= 0.3 is 6.18 Å². The molecule has 1 N–H and O–H groups in total. The van der Waals surface area contributed by atoms with Crippen molar-refractivity contribution >= 4 is 26.6 Å². The monoisotopic (exact) mass is 594 g/mol. The van der Waals surface area contributed by atoms with E-state index in [1.54, 1.807) is 12.1 Å². The number of alkyl halides is 4. The number of nitrogens with zero attached hydrogens (tertiary/aromatic N) is 3. The second kappa shape index (κ2) is 10.5. The van der Waals surface area contributed by atoms with Crippen LogP contribution >= 0.6 is 0 Å². The molecule has 1 aliphatic rings. The van der Waals surface area contributed by atoms with Crippen LogP contribution < -0.4 is 14.8 Å². The van der Waals surface area contributed by atoms with Crippen LogP contribution in [0.15, 0.2) is 53.6 Å². The summed E-state index contributed by atoms with van der Waals surface area (Å²) in [6.07, 6.45) is -3.68. The molecule has 1 aromatic carbocycles. The number of pyridine rings is 3. The lowest BCUT2D eigenvalue weighted by Gasteiger charge is -2.12. The Labute approximate surface area is 229 Å². The summed E-state index contributed by atoms with van der Waals surface area (Å²) in [5.41, 5.74) is -2.62. The Bertz CT molecular complexity index is 1780. The number of nitrogens with one attached hydrogen (secondary N) is 1. The molecule has 0 aliphatic carbocycles. The number of ether oxygens (including phenoxy) is 2. The molecule has 0 bridgehead atoms. The van der Waals surface area contributed by atoms with E-state index in [4.69, 9.17) is 9.47 Å². The van der Waals surface area contributed by atoms with Gasteiger partial charge in [0, 0.05) is 23.6 Å². The Morgan fingerprint density at radius 2 is 1.93 bits per heavy atom. The van der Waals surface area contributed by atoms with Crippen LogP contribution in [0.3, 0.4) is 0 Å². The van der Waals surface area contributed by atoms with Gasteiger partial charge in [0.1, 0.15) is 10.6 Å². The predicted octanol–water partition coefficient (Wildman–Crippen LogP) is 4.64. The molecule has 4 heterocycles. The number of carbonyl (C=O) groups is 1. The summed E-state index contributed by atoms with van der Waals surface area (Å²) in [4.78, 5) is 24.2. The molecule has 4 aromatic rings. The topological polar surface area (TPSA) is 120 Å². The Balaban J connectivity index is 1.39. The Morgan fingerprint density at radius 1 is 1.15 bits per heavy atom. The fourth-order valence-electron chi connectivity index (χ4n) is 4.12. The van der Waals surface area contributed by atoms with Gasteiger partial charge in [0.2, 0.25) is 21.2 Å². The number of amides is 1. The van der Waals surface area contributed by atoms with Crippen LogP contribution in [0.25, 0.3) is 22.2 Å². The summed E-state index contributed by atoms with van der Waals surface area (Å²) in [5, 5.41) is 3.08. The SMILES string of the molecule is COc1nc(C(F)(F)F)ccc1-c1ccc2cnc(CNC(=O)c3cc(F)c4c(c3)S(=O)(=O)[C@@H](F)CCO4)cc2n1. The van der Waals surface area contributed by atoms with Crippen LogP contribution in [0.5, 0.6) is 11.6 Å². The maximum atomic E-state index is 14.6. The highest BCUT2D eigenvalue weighted by molar-refractivity contribution is 7.92. The fourth-order valence-corrected chi connectivity index (χ4v) is 5.51. The van der Waals surface area contributed by atoms with E-state index in [9.17, 15) is 35.2 Å². The van der Waals surface area contributed by atoms with Crippen molar-refractivity contribution in [2.24, 2.45) is 0 Å². The molecule has 9 nitrogen and oxygen atoms in total. The van der Waals surface area contributed by atoms with Crippen LogP contribution in [0.4, 0.5) is 22.0 Å². The van der Waals surface area contributed by atoms with Gasteiger partial charge in [-0.15, -0.1) is 0 Å². The van der Waals surface area contributed by atoms with Crippen molar-refractivity contribution in [2.75, 3.05) is 13.7 Å². The van der Waals surface area contributed by atoms with Crippen molar-refractivity contribution in [1.29, 1.82) is 0 Å². The lowest BCUT2D eigenvalue weighted by atomic mass is 10.1. The molecule has 0 radical (unpaired) electrons. The highest BCUT2D eigenvalue weighted by Gasteiger charge is 2.36. The fraction of sp³-hybridized carbons (Fsp3) is 0.231. The van der Waals surface area contributed by atoms with Crippen molar-refractivity contribution in [3.8, 4) is 22.9 Å². The van der Waals surface area contributed by atoms with Gasteiger partial charge in [0.05, 0.1) is 42.7 Å². The largest absolute Gasteiger partial charge is 0.489 e. The normalized spacial score (nSPS) is 16.4. The molecule has 0 saturated heterocycles. The second-order valence-electron chi connectivity index (χ2n) is 8.88. The van der Waals surface area contributed by atoms with Crippen LogP contribution in [-0.4, -0.2) is 48.5 Å². The lowest BCUT2D eigenvalue weighted by molar-refractivity contribution is -0.141. The number of hydrogen-bond donors (Lipinski definition) is 1. The number of carbonyl (C=O) groups excluding carboxylic acids is 1. The van der Waals surface area contributed by atoms with Crippen molar-refractivity contribution < 1.29 is 44.6 Å². The highest BCUT2D eigenvalue weighted by Crippen LogP contribution is 2.36. The highest BCUT2D eigenvalue weighted by atomic mass is 32.2. The van der Waals surface area contributed by atoms with Gasteiger partial charge in [-0.2, -0.15) is 13.2 Å². The quantitative estimate of drug-likeness (QED) is 0.332. The van der Waals surface area contributed by atoms with E-state index < -0.39 is 56.0 Å². The summed E-state index contributed by atoms with van der Waals surface area (Å²) < 4.78 is 103. The molecule has 1 aliphatic heterocycles. The van der Waals surface area contributed by atoms with E-state index in [0.717, 1.165) is 18.2 Å². The van der Waals surface area contributed by atoms with E-state index in [1.807, 2.05) is 0 Å². The minimum absolute atomic E-state index is 0.181. The molecule has 1 atom stereocenters. The standard InChI is InChI=1S/C26H19F5N4O5S/c1-39-25-16(3-5-21(35-25)26(29,30)31)18-4-2-13-11-32-15(10-19(13)34-18)12-33-24(36)14-8-17(27)23-20(9-14)41(37,38)22(28)6-7-40-23/h2-5,8-11,22H,6-7,12H2,1H3,(H,33,36)/t22-/m1/s1. The summed E-state index contributed by atoms with van der Waals surface area (Å²) in [6, 6.07) is 8.37. The molecule has 214 valence electrons. The van der Waals surface area contributed by atoms with Gasteiger partial charge in [-0.3, -0.25) is 9.78 Å². The van der Waals surface area contributed by atoms with E-state index >= 15 is 0 Å². The third-order valence-electron chi connectivity index (χ3n) is 6.19. The van der Waals surface area contributed by atoms with Gasteiger partial charge in [-0.25, -0.2) is 27.2 Å². The third-order valence-corrected chi connectivity index (χ3v) is 8.01. The third kappa shape index (κ3) is 5.49. The molecule has 1 amide bonds. The predicted molar refractivity (Wildman–Crippen MR) is 134 cm³/mol. The van der Waals surface area contributed by atoms with E-state index in [-0.39, 0.29) is 35.9 Å². The molecule has 41 heavy (non-hydrogen) atoms. The van der Waals surface area contributed by atoms with Crippen LogP contribution in [0.2, 0.25) is 0 Å². The molecule has 3 aromatic heterocycles. The molecular formula is C26H19F5N4O5S. The van der Waals surface area contributed by atoms with Gasteiger partial charge in [-0.1, -0.05) is 0 Å². The van der Waals surface area contributed by atoms with Gasteiger partial charge < -0.3 is 14.8 Å². The van der Waals surface area contributed by atoms with Crippen LogP contribution in [-0.2, 0) is 22.6 Å². The number of fused-ring (bicyclic) bond motifs is 2. The zero-order chi connectivity index (χ0) is 29.5. The summed E-state index contributed by atoms with van der Waals surface area (Å²) in [7, 11) is -3.38. The zero-order valence-electron chi connectivity index (χ0n) is 21.0.